The summed E-state index contributed by atoms with van der Waals surface area (Å²) in [6, 6.07) is 2.09. The highest BCUT2D eigenvalue weighted by atomic mass is 16.1. The van der Waals surface area contributed by atoms with Crippen LogP contribution in [0.1, 0.15) is 41.7 Å². The molecule has 2 bridgehead atoms. The standard InChI is InChI=1S/C14H19N3O/c1-8-4-12(15)11(7-16-8)14(18)17-13-6-9-2-3-10(13)5-9/h4,7,9-10,13H,2-3,5-6H2,1H3,(H2,15,16)(H,17,18). The lowest BCUT2D eigenvalue weighted by Crippen LogP contribution is -2.38. The Morgan fingerprint density at radius 1 is 1.44 bits per heavy atom. The van der Waals surface area contributed by atoms with Gasteiger partial charge in [-0.1, -0.05) is 6.42 Å². The van der Waals surface area contributed by atoms with Crippen LogP contribution in [-0.4, -0.2) is 16.9 Å². The minimum Gasteiger partial charge on any atom is -0.398 e. The van der Waals surface area contributed by atoms with E-state index >= 15 is 0 Å². The molecule has 0 spiro atoms. The third-order valence-electron chi connectivity index (χ3n) is 4.37. The Kier molecular flexibility index (Phi) is 2.73. The molecule has 3 rings (SSSR count). The normalized spacial score (nSPS) is 29.5. The Balaban J connectivity index is 1.71. The maximum Gasteiger partial charge on any atom is 0.255 e. The molecular formula is C14H19N3O. The molecule has 2 aliphatic carbocycles. The van der Waals surface area contributed by atoms with Gasteiger partial charge in [0.25, 0.3) is 5.91 Å². The van der Waals surface area contributed by atoms with Crippen LogP contribution in [0.2, 0.25) is 0 Å². The highest BCUT2D eigenvalue weighted by Crippen LogP contribution is 2.44. The maximum absolute atomic E-state index is 12.2. The molecule has 4 heteroatoms. The van der Waals surface area contributed by atoms with Crippen LogP contribution in [0.4, 0.5) is 5.69 Å². The smallest absolute Gasteiger partial charge is 0.255 e. The molecule has 0 radical (unpaired) electrons. The lowest BCUT2D eigenvalue weighted by atomic mass is 9.95. The fourth-order valence-corrected chi connectivity index (χ4v) is 3.44. The summed E-state index contributed by atoms with van der Waals surface area (Å²) in [7, 11) is 0. The van der Waals surface area contributed by atoms with Crippen LogP contribution in [-0.2, 0) is 0 Å². The summed E-state index contributed by atoms with van der Waals surface area (Å²) in [6.45, 7) is 1.87. The van der Waals surface area contributed by atoms with Crippen molar-refractivity contribution >= 4 is 11.6 Å². The zero-order chi connectivity index (χ0) is 12.7. The third-order valence-corrected chi connectivity index (χ3v) is 4.37. The molecule has 0 aromatic carbocycles. The highest BCUT2D eigenvalue weighted by molar-refractivity contribution is 5.99. The first-order valence-electron chi connectivity index (χ1n) is 6.66. The Labute approximate surface area is 107 Å². The molecule has 2 saturated carbocycles. The zero-order valence-corrected chi connectivity index (χ0v) is 10.6. The second-order valence-electron chi connectivity index (χ2n) is 5.67. The lowest BCUT2D eigenvalue weighted by Gasteiger charge is -2.23. The number of amides is 1. The monoisotopic (exact) mass is 245 g/mol. The summed E-state index contributed by atoms with van der Waals surface area (Å²) in [5.74, 6) is 1.44. The van der Waals surface area contributed by atoms with Crippen LogP contribution >= 0.6 is 0 Å². The highest BCUT2D eigenvalue weighted by Gasteiger charge is 2.40. The topological polar surface area (TPSA) is 68.0 Å². The number of fused-ring (bicyclic) bond motifs is 2. The molecule has 3 N–H and O–H groups in total. The quantitative estimate of drug-likeness (QED) is 0.836. The summed E-state index contributed by atoms with van der Waals surface area (Å²) < 4.78 is 0. The average Bonchev–Trinajstić information content (AvgIpc) is 2.90. The van der Waals surface area contributed by atoms with Gasteiger partial charge in [0.05, 0.1) is 5.56 Å². The first kappa shape index (κ1) is 11.5. The molecule has 0 saturated heterocycles. The predicted molar refractivity (Wildman–Crippen MR) is 70.1 cm³/mol. The minimum absolute atomic E-state index is 0.0717. The molecule has 0 aliphatic heterocycles. The van der Waals surface area contributed by atoms with Crippen molar-refractivity contribution in [1.29, 1.82) is 0 Å². The fourth-order valence-electron chi connectivity index (χ4n) is 3.44. The molecule has 96 valence electrons. The number of rotatable bonds is 2. The van der Waals surface area contributed by atoms with E-state index in [1.165, 1.54) is 19.3 Å². The van der Waals surface area contributed by atoms with Crippen molar-refractivity contribution in [2.45, 2.75) is 38.6 Å². The summed E-state index contributed by atoms with van der Waals surface area (Å²) in [5.41, 5.74) is 7.73. The summed E-state index contributed by atoms with van der Waals surface area (Å²) >= 11 is 0. The number of aromatic nitrogens is 1. The van der Waals surface area contributed by atoms with Crippen LogP contribution in [0.15, 0.2) is 12.3 Å². The van der Waals surface area contributed by atoms with Crippen LogP contribution in [0, 0.1) is 18.8 Å². The first-order valence-corrected chi connectivity index (χ1v) is 6.66. The molecule has 1 amide bonds. The van der Waals surface area contributed by atoms with E-state index in [2.05, 4.69) is 10.3 Å². The van der Waals surface area contributed by atoms with E-state index in [-0.39, 0.29) is 5.91 Å². The molecule has 4 nitrogen and oxygen atoms in total. The number of hydrogen-bond donors (Lipinski definition) is 2. The number of anilines is 1. The van der Waals surface area contributed by atoms with Crippen LogP contribution in [0.5, 0.6) is 0 Å². The van der Waals surface area contributed by atoms with Gasteiger partial charge >= 0.3 is 0 Å². The molecule has 3 unspecified atom stereocenters. The van der Waals surface area contributed by atoms with E-state index in [1.54, 1.807) is 12.3 Å². The molecule has 1 aromatic heterocycles. The molecule has 2 fully saturated rings. The van der Waals surface area contributed by atoms with Crippen LogP contribution < -0.4 is 11.1 Å². The van der Waals surface area contributed by atoms with Crippen LogP contribution in [0.25, 0.3) is 0 Å². The predicted octanol–water partition coefficient (Wildman–Crippen LogP) is 1.89. The zero-order valence-electron chi connectivity index (χ0n) is 10.6. The number of aryl methyl sites for hydroxylation is 1. The van der Waals surface area contributed by atoms with Gasteiger partial charge in [0.1, 0.15) is 0 Å². The number of pyridine rings is 1. The number of nitrogen functional groups attached to an aromatic ring is 1. The first-order chi connectivity index (χ1) is 8.63. The fraction of sp³-hybridized carbons (Fsp3) is 0.571. The van der Waals surface area contributed by atoms with Crippen molar-refractivity contribution in [2.24, 2.45) is 11.8 Å². The molecular weight excluding hydrogens is 226 g/mol. The van der Waals surface area contributed by atoms with Gasteiger partial charge in [-0.25, -0.2) is 0 Å². The van der Waals surface area contributed by atoms with Crippen molar-refractivity contribution < 1.29 is 4.79 Å². The number of carbonyl (C=O) groups excluding carboxylic acids is 1. The Bertz CT molecular complexity index is 486. The molecule has 1 heterocycles. The second-order valence-corrected chi connectivity index (χ2v) is 5.67. The van der Waals surface area contributed by atoms with E-state index in [1.807, 2.05) is 6.92 Å². The van der Waals surface area contributed by atoms with E-state index < -0.39 is 0 Å². The van der Waals surface area contributed by atoms with Crippen molar-refractivity contribution in [2.75, 3.05) is 5.73 Å². The Morgan fingerprint density at radius 3 is 2.89 bits per heavy atom. The number of carbonyl (C=O) groups is 1. The van der Waals surface area contributed by atoms with E-state index in [4.69, 9.17) is 5.73 Å². The van der Waals surface area contributed by atoms with Gasteiger partial charge < -0.3 is 11.1 Å². The molecule has 3 atom stereocenters. The SMILES string of the molecule is Cc1cc(N)c(C(=O)NC2CC3CCC2C3)cn1. The van der Waals surface area contributed by atoms with Crippen molar-refractivity contribution in [3.63, 3.8) is 0 Å². The number of nitrogens with zero attached hydrogens (tertiary/aromatic N) is 1. The third kappa shape index (κ3) is 1.96. The maximum atomic E-state index is 12.2. The summed E-state index contributed by atoms with van der Waals surface area (Å²) in [4.78, 5) is 16.3. The van der Waals surface area contributed by atoms with Crippen molar-refractivity contribution in [3.05, 3.63) is 23.5 Å². The lowest BCUT2D eigenvalue weighted by molar-refractivity contribution is 0.0923. The van der Waals surface area contributed by atoms with Gasteiger partial charge in [-0.2, -0.15) is 0 Å². The van der Waals surface area contributed by atoms with Crippen molar-refractivity contribution in [1.82, 2.24) is 10.3 Å². The van der Waals surface area contributed by atoms with E-state index in [0.29, 0.717) is 23.2 Å². The Morgan fingerprint density at radius 2 is 2.28 bits per heavy atom. The molecule has 18 heavy (non-hydrogen) atoms. The second kappa shape index (κ2) is 4.26. The van der Waals surface area contributed by atoms with Gasteiger partial charge in [0.2, 0.25) is 0 Å². The number of nitrogens with one attached hydrogen (secondary N) is 1. The van der Waals surface area contributed by atoms with Crippen molar-refractivity contribution in [3.8, 4) is 0 Å². The van der Waals surface area contributed by atoms with Gasteiger partial charge in [-0.3, -0.25) is 9.78 Å². The minimum atomic E-state index is -0.0717. The van der Waals surface area contributed by atoms with E-state index in [0.717, 1.165) is 18.0 Å². The van der Waals surface area contributed by atoms with E-state index in [9.17, 15) is 4.79 Å². The molecule has 2 aliphatic rings. The van der Waals surface area contributed by atoms with Gasteiger partial charge in [-0.05, 0) is 44.1 Å². The number of nitrogens with two attached hydrogens (primary N) is 1. The summed E-state index contributed by atoms with van der Waals surface area (Å²) in [5, 5.41) is 3.13. The largest absolute Gasteiger partial charge is 0.398 e. The van der Waals surface area contributed by atoms with Gasteiger partial charge in [0, 0.05) is 23.6 Å². The van der Waals surface area contributed by atoms with Gasteiger partial charge in [-0.15, -0.1) is 0 Å². The number of hydrogen-bond acceptors (Lipinski definition) is 3. The molecule has 1 aromatic rings. The Hall–Kier alpha value is -1.58. The van der Waals surface area contributed by atoms with Crippen LogP contribution in [0.3, 0.4) is 0 Å². The summed E-state index contributed by atoms with van der Waals surface area (Å²) in [6.07, 6.45) is 6.60. The van der Waals surface area contributed by atoms with Gasteiger partial charge in [0.15, 0.2) is 0 Å². The average molecular weight is 245 g/mol.